The van der Waals surface area contributed by atoms with Gasteiger partial charge in [0.25, 0.3) is 0 Å². The second-order valence-electron chi connectivity index (χ2n) is 8.56. The molecule has 1 aliphatic carbocycles. The van der Waals surface area contributed by atoms with E-state index in [0.717, 1.165) is 65.0 Å². The lowest BCUT2D eigenvalue weighted by atomic mass is 9.83. The van der Waals surface area contributed by atoms with Crippen LogP contribution in [0.3, 0.4) is 0 Å². The Balaban J connectivity index is 1.51. The van der Waals surface area contributed by atoms with Crippen molar-refractivity contribution in [2.45, 2.75) is 51.0 Å². The Hall–Kier alpha value is -0.500. The molecule has 2 aliphatic heterocycles. The monoisotopic (exact) mass is 412 g/mol. The number of ether oxygens (including phenoxy) is 2. The van der Waals surface area contributed by atoms with Gasteiger partial charge in [0.2, 0.25) is 0 Å². The first kappa shape index (κ1) is 22.2. The number of hydrogen-bond acceptors (Lipinski definition) is 5. The van der Waals surface area contributed by atoms with E-state index >= 15 is 0 Å². The van der Waals surface area contributed by atoms with E-state index in [0.29, 0.717) is 5.41 Å². The lowest BCUT2D eigenvalue weighted by molar-refractivity contribution is -0.0120. The summed E-state index contributed by atoms with van der Waals surface area (Å²) in [5.41, 5.74) is 0.615. The van der Waals surface area contributed by atoms with Crippen LogP contribution in [-0.2, 0) is 9.47 Å². The summed E-state index contributed by atoms with van der Waals surface area (Å²) in [6, 6.07) is 0. The van der Waals surface area contributed by atoms with Gasteiger partial charge in [0.1, 0.15) is 0 Å². The molecule has 3 rings (SSSR count). The van der Waals surface area contributed by atoms with Crippen molar-refractivity contribution >= 4 is 17.7 Å². The van der Waals surface area contributed by atoms with Gasteiger partial charge < -0.3 is 20.1 Å². The number of nitrogens with one attached hydrogen (secondary N) is 2. The van der Waals surface area contributed by atoms with Crippen LogP contribution in [0.5, 0.6) is 0 Å². The highest BCUT2D eigenvalue weighted by atomic mass is 32.2. The van der Waals surface area contributed by atoms with Gasteiger partial charge in [-0.3, -0.25) is 9.89 Å². The van der Waals surface area contributed by atoms with Crippen LogP contribution in [0.1, 0.15) is 45.4 Å². The summed E-state index contributed by atoms with van der Waals surface area (Å²) in [6.07, 6.45) is 7.70. The van der Waals surface area contributed by atoms with Crippen LogP contribution in [0.4, 0.5) is 0 Å². The average molecular weight is 413 g/mol. The Morgan fingerprint density at radius 1 is 1.14 bits per heavy atom. The van der Waals surface area contributed by atoms with E-state index in [9.17, 15) is 0 Å². The molecule has 2 heterocycles. The zero-order chi connectivity index (χ0) is 19.7. The maximum Gasteiger partial charge on any atom is 0.191 e. The second-order valence-corrected chi connectivity index (χ2v) is 9.66. The maximum absolute atomic E-state index is 5.66. The Kier molecular flexibility index (Phi) is 8.75. The fourth-order valence-corrected chi connectivity index (χ4v) is 6.43. The Bertz CT molecular complexity index is 485. The van der Waals surface area contributed by atoms with Crippen LogP contribution < -0.4 is 10.6 Å². The minimum absolute atomic E-state index is 0.242. The SMILES string of the molecule is CCOCCC1(CNC(=NC)NCC2(N3CCOCC3)CCSC2)CCCC1. The highest BCUT2D eigenvalue weighted by Crippen LogP contribution is 2.40. The normalized spacial score (nSPS) is 28.6. The number of morpholine rings is 1. The first-order valence-electron chi connectivity index (χ1n) is 11.1. The largest absolute Gasteiger partial charge is 0.382 e. The van der Waals surface area contributed by atoms with Crippen molar-refractivity contribution in [2.75, 3.05) is 71.2 Å². The first-order valence-corrected chi connectivity index (χ1v) is 12.3. The minimum Gasteiger partial charge on any atom is -0.382 e. The fraction of sp³-hybridized carbons (Fsp3) is 0.952. The Morgan fingerprint density at radius 2 is 1.89 bits per heavy atom. The molecule has 0 radical (unpaired) electrons. The lowest BCUT2D eigenvalue weighted by Gasteiger charge is -2.43. The summed E-state index contributed by atoms with van der Waals surface area (Å²) in [4.78, 5) is 7.18. The van der Waals surface area contributed by atoms with Crippen LogP contribution in [0, 0.1) is 5.41 Å². The van der Waals surface area contributed by atoms with Crippen LogP contribution in [0.15, 0.2) is 4.99 Å². The molecule has 28 heavy (non-hydrogen) atoms. The molecule has 0 aromatic heterocycles. The van der Waals surface area contributed by atoms with Gasteiger partial charge in [0, 0.05) is 57.7 Å². The summed E-state index contributed by atoms with van der Waals surface area (Å²) < 4.78 is 11.2. The molecule has 2 saturated heterocycles. The summed E-state index contributed by atoms with van der Waals surface area (Å²) in [5, 5.41) is 7.33. The van der Waals surface area contributed by atoms with Crippen LogP contribution in [0.2, 0.25) is 0 Å². The van der Waals surface area contributed by atoms with Gasteiger partial charge in [-0.1, -0.05) is 12.8 Å². The van der Waals surface area contributed by atoms with Crippen LogP contribution in [0.25, 0.3) is 0 Å². The second kappa shape index (κ2) is 11.0. The summed E-state index contributed by atoms with van der Waals surface area (Å²) in [7, 11) is 1.89. The van der Waals surface area contributed by atoms with Crippen molar-refractivity contribution in [3.8, 4) is 0 Å². The molecular formula is C21H40N4O2S. The topological polar surface area (TPSA) is 58.1 Å². The molecule has 1 saturated carbocycles. The molecular weight excluding hydrogens is 372 g/mol. The third kappa shape index (κ3) is 5.77. The maximum atomic E-state index is 5.66. The van der Waals surface area contributed by atoms with Crippen molar-refractivity contribution < 1.29 is 9.47 Å². The van der Waals surface area contributed by atoms with Gasteiger partial charge in [-0.2, -0.15) is 11.8 Å². The molecule has 162 valence electrons. The van der Waals surface area contributed by atoms with Gasteiger partial charge >= 0.3 is 0 Å². The third-order valence-electron chi connectivity index (χ3n) is 6.85. The third-order valence-corrected chi connectivity index (χ3v) is 8.08. The molecule has 1 atom stereocenters. The van der Waals surface area contributed by atoms with Gasteiger partial charge in [-0.05, 0) is 43.8 Å². The summed E-state index contributed by atoms with van der Waals surface area (Å²) in [6.45, 7) is 9.56. The smallest absolute Gasteiger partial charge is 0.191 e. The Labute approximate surface area is 175 Å². The minimum atomic E-state index is 0.242. The number of hydrogen-bond donors (Lipinski definition) is 2. The number of rotatable bonds is 9. The lowest BCUT2D eigenvalue weighted by Crippen LogP contribution is -2.60. The van der Waals surface area contributed by atoms with Crippen molar-refractivity contribution in [3.05, 3.63) is 0 Å². The molecule has 0 spiro atoms. The number of guanidine groups is 1. The molecule has 0 aromatic carbocycles. The predicted molar refractivity (Wildman–Crippen MR) is 118 cm³/mol. The fourth-order valence-electron chi connectivity index (χ4n) is 4.95. The zero-order valence-corrected chi connectivity index (χ0v) is 18.7. The van der Waals surface area contributed by atoms with Crippen molar-refractivity contribution in [3.63, 3.8) is 0 Å². The van der Waals surface area contributed by atoms with E-state index in [4.69, 9.17) is 9.47 Å². The van der Waals surface area contributed by atoms with E-state index in [1.54, 1.807) is 0 Å². The van der Waals surface area contributed by atoms with Gasteiger partial charge in [-0.25, -0.2) is 0 Å². The Morgan fingerprint density at radius 3 is 2.54 bits per heavy atom. The molecule has 6 nitrogen and oxygen atoms in total. The van der Waals surface area contributed by atoms with Gasteiger partial charge in [0.15, 0.2) is 5.96 Å². The van der Waals surface area contributed by atoms with E-state index < -0.39 is 0 Å². The molecule has 0 bridgehead atoms. The zero-order valence-electron chi connectivity index (χ0n) is 17.9. The highest BCUT2D eigenvalue weighted by molar-refractivity contribution is 7.99. The predicted octanol–water partition coefficient (Wildman–Crippen LogP) is 2.35. The summed E-state index contributed by atoms with van der Waals surface area (Å²) >= 11 is 2.08. The number of nitrogens with zero attached hydrogens (tertiary/aromatic N) is 2. The molecule has 7 heteroatoms. The van der Waals surface area contributed by atoms with Crippen molar-refractivity contribution in [1.82, 2.24) is 15.5 Å². The molecule has 0 aromatic rings. The first-order chi connectivity index (χ1) is 13.7. The van der Waals surface area contributed by atoms with E-state index in [2.05, 4.69) is 39.2 Å². The average Bonchev–Trinajstić information content (AvgIpc) is 3.40. The number of aliphatic imine (C=N–C) groups is 1. The molecule has 1 unspecified atom stereocenters. The van der Waals surface area contributed by atoms with Crippen LogP contribution >= 0.6 is 11.8 Å². The summed E-state index contributed by atoms with van der Waals surface area (Å²) in [5.74, 6) is 3.41. The van der Waals surface area contributed by atoms with E-state index in [1.165, 1.54) is 43.6 Å². The van der Waals surface area contributed by atoms with Crippen molar-refractivity contribution in [1.29, 1.82) is 0 Å². The molecule has 3 fully saturated rings. The molecule has 2 N–H and O–H groups in total. The molecule has 3 aliphatic rings. The van der Waals surface area contributed by atoms with Gasteiger partial charge in [-0.15, -0.1) is 0 Å². The van der Waals surface area contributed by atoms with E-state index in [1.807, 2.05) is 7.05 Å². The highest BCUT2D eigenvalue weighted by Gasteiger charge is 2.41. The van der Waals surface area contributed by atoms with Gasteiger partial charge in [0.05, 0.1) is 13.2 Å². The molecule has 0 amide bonds. The number of thioether (sulfide) groups is 1. The van der Waals surface area contributed by atoms with Crippen molar-refractivity contribution in [2.24, 2.45) is 10.4 Å². The van der Waals surface area contributed by atoms with Crippen LogP contribution in [-0.4, -0.2) is 87.6 Å². The van der Waals surface area contributed by atoms with E-state index in [-0.39, 0.29) is 5.54 Å². The standard InChI is InChI=1S/C21H40N4O2S/c1-3-26-12-8-20(6-4-5-7-20)16-23-19(22-2)24-17-21(9-15-28-18-21)25-10-13-27-14-11-25/h3-18H2,1-2H3,(H2,22,23,24). The quantitative estimate of drug-likeness (QED) is 0.344.